The molecule has 208 valence electrons. The molecule has 0 N–H and O–H groups in total. The largest absolute Gasteiger partial charge is 0.447 e. The van der Waals surface area contributed by atoms with Crippen molar-refractivity contribution in [2.45, 2.75) is 110 Å². The summed E-state index contributed by atoms with van der Waals surface area (Å²) in [6.07, 6.45) is 13.3. The van der Waals surface area contributed by atoms with Gasteiger partial charge in [-0.25, -0.2) is 19.3 Å². The molecule has 0 saturated carbocycles. The third-order valence-corrected chi connectivity index (χ3v) is 5.99. The summed E-state index contributed by atoms with van der Waals surface area (Å²) in [6.45, 7) is 7.19. The number of amides is 2. The molecule has 7 heteroatoms. The van der Waals surface area contributed by atoms with Crippen molar-refractivity contribution in [2.75, 3.05) is 6.61 Å². The third kappa shape index (κ3) is 11.4. The smallest absolute Gasteiger partial charge is 0.420 e. The molecule has 0 radical (unpaired) electrons. The molecule has 1 aromatic rings. The maximum atomic E-state index is 12.8. The summed E-state index contributed by atoms with van der Waals surface area (Å²) >= 11 is 0. The lowest BCUT2D eigenvalue weighted by Crippen LogP contribution is -2.48. The number of benzene rings is 1. The molecule has 1 aliphatic heterocycles. The molecule has 0 aliphatic carbocycles. The zero-order valence-electron chi connectivity index (χ0n) is 23.4. The monoisotopic (exact) mass is 525 g/mol. The summed E-state index contributed by atoms with van der Waals surface area (Å²) in [5.74, 6) is 5.22. The molecule has 1 aliphatic rings. The number of allylic oxidation sites excluding steroid dienone is 2. The molecule has 0 bridgehead atoms. The zero-order valence-corrected chi connectivity index (χ0v) is 23.4. The second-order valence-corrected chi connectivity index (χ2v) is 10.5. The fraction of sp³-hybridized carbons (Fsp3) is 0.581. The van der Waals surface area contributed by atoms with E-state index in [2.05, 4.69) is 18.8 Å². The van der Waals surface area contributed by atoms with Crippen molar-refractivity contribution in [1.82, 2.24) is 4.90 Å². The third-order valence-electron chi connectivity index (χ3n) is 5.99. The number of esters is 1. The molecule has 0 spiro atoms. The number of ether oxygens (including phenoxy) is 3. The van der Waals surface area contributed by atoms with Crippen LogP contribution in [0.15, 0.2) is 42.5 Å². The molecule has 2 atom stereocenters. The lowest BCUT2D eigenvalue weighted by Gasteiger charge is -2.27. The van der Waals surface area contributed by atoms with Crippen molar-refractivity contribution in [1.29, 1.82) is 0 Å². The van der Waals surface area contributed by atoms with Crippen LogP contribution in [0.3, 0.4) is 0 Å². The lowest BCUT2D eigenvalue weighted by atomic mass is 10.1. The summed E-state index contributed by atoms with van der Waals surface area (Å²) in [6, 6.07) is 7.56. The molecule has 1 fully saturated rings. The van der Waals surface area contributed by atoms with Crippen LogP contribution in [0.5, 0.6) is 0 Å². The highest BCUT2D eigenvalue weighted by Crippen LogP contribution is 2.22. The molecule has 1 aromatic carbocycles. The van der Waals surface area contributed by atoms with Crippen LogP contribution < -0.4 is 0 Å². The van der Waals surface area contributed by atoms with Gasteiger partial charge in [0.2, 0.25) is 0 Å². The van der Waals surface area contributed by atoms with E-state index in [9.17, 15) is 14.4 Å². The van der Waals surface area contributed by atoms with Gasteiger partial charge in [0.1, 0.15) is 18.2 Å². The van der Waals surface area contributed by atoms with Crippen molar-refractivity contribution < 1.29 is 28.6 Å². The number of nitrogens with zero attached hydrogens (tertiary/aromatic N) is 1. The average molecular weight is 526 g/mol. The first-order valence-electron chi connectivity index (χ1n) is 13.8. The van der Waals surface area contributed by atoms with E-state index in [0.29, 0.717) is 5.56 Å². The minimum absolute atomic E-state index is 0.151. The molecule has 0 aromatic heterocycles. The van der Waals surface area contributed by atoms with Crippen LogP contribution in [0.25, 0.3) is 0 Å². The summed E-state index contributed by atoms with van der Waals surface area (Å²) in [5.41, 5.74) is -0.473. The lowest BCUT2D eigenvalue weighted by molar-refractivity contribution is 0.00869. The Labute approximate surface area is 227 Å². The zero-order chi connectivity index (χ0) is 27.8. The molecule has 2 amide bonds. The van der Waals surface area contributed by atoms with Gasteiger partial charge in [-0.2, -0.15) is 0 Å². The van der Waals surface area contributed by atoms with Crippen LogP contribution in [0.4, 0.5) is 9.59 Å². The van der Waals surface area contributed by atoms with Crippen molar-refractivity contribution >= 4 is 18.2 Å². The molecule has 2 rings (SSSR count). The Morgan fingerprint density at radius 3 is 2.32 bits per heavy atom. The molecule has 0 unspecified atom stereocenters. The van der Waals surface area contributed by atoms with Crippen LogP contribution in [-0.4, -0.2) is 47.4 Å². The van der Waals surface area contributed by atoms with Crippen molar-refractivity contribution in [3.05, 3.63) is 48.0 Å². The van der Waals surface area contributed by atoms with E-state index in [1.54, 1.807) is 57.2 Å². The predicted molar refractivity (Wildman–Crippen MR) is 148 cm³/mol. The van der Waals surface area contributed by atoms with Gasteiger partial charge in [-0.15, -0.1) is 0 Å². The summed E-state index contributed by atoms with van der Waals surface area (Å²) < 4.78 is 16.1. The second kappa shape index (κ2) is 16.5. The van der Waals surface area contributed by atoms with E-state index in [1.807, 2.05) is 6.08 Å². The highest BCUT2D eigenvalue weighted by molar-refractivity contribution is 5.91. The minimum Gasteiger partial charge on any atom is -0.447 e. The number of carbonyl (C=O) groups is 3. The molecular formula is C31H43NO6. The maximum Gasteiger partial charge on any atom is 0.420 e. The Kier molecular flexibility index (Phi) is 13.5. The van der Waals surface area contributed by atoms with Crippen LogP contribution in [0.1, 0.15) is 102 Å². The Balaban J connectivity index is 1.98. The van der Waals surface area contributed by atoms with Gasteiger partial charge in [-0.05, 0) is 51.8 Å². The van der Waals surface area contributed by atoms with Crippen molar-refractivity contribution in [2.24, 2.45) is 0 Å². The van der Waals surface area contributed by atoms with Crippen LogP contribution >= 0.6 is 0 Å². The van der Waals surface area contributed by atoms with Gasteiger partial charge in [-0.3, -0.25) is 0 Å². The molecule has 1 heterocycles. The molecule has 38 heavy (non-hydrogen) atoms. The number of imide groups is 1. The summed E-state index contributed by atoms with van der Waals surface area (Å²) in [5, 5.41) is 0. The number of rotatable bonds is 13. The minimum atomic E-state index is -1.08. The maximum absolute atomic E-state index is 12.8. The molecular weight excluding hydrogens is 482 g/mol. The van der Waals surface area contributed by atoms with Gasteiger partial charge >= 0.3 is 18.2 Å². The van der Waals surface area contributed by atoms with E-state index in [0.717, 1.165) is 17.7 Å². The van der Waals surface area contributed by atoms with Crippen LogP contribution in [0.2, 0.25) is 0 Å². The van der Waals surface area contributed by atoms with Crippen molar-refractivity contribution in [3.8, 4) is 11.8 Å². The average Bonchev–Trinajstić information content (AvgIpc) is 3.27. The Bertz CT molecular complexity index is 970. The number of cyclic esters (lactones) is 1. The Hall–Kier alpha value is -3.27. The van der Waals surface area contributed by atoms with Gasteiger partial charge < -0.3 is 14.2 Å². The molecule has 1 saturated heterocycles. The number of carbonyl (C=O) groups excluding carboxylic acids is 3. The predicted octanol–water partition coefficient (Wildman–Crippen LogP) is 7.45. The molecule has 7 nitrogen and oxygen atoms in total. The first-order chi connectivity index (χ1) is 18.2. The van der Waals surface area contributed by atoms with E-state index in [1.165, 1.54) is 51.4 Å². The number of unbranched alkanes of at least 4 members (excludes halogenated alkanes) is 9. The highest BCUT2D eigenvalue weighted by Gasteiger charge is 2.45. The Morgan fingerprint density at radius 2 is 1.68 bits per heavy atom. The quantitative estimate of drug-likeness (QED) is 0.115. The first-order valence-corrected chi connectivity index (χ1v) is 13.8. The first kappa shape index (κ1) is 31.0. The van der Waals surface area contributed by atoms with Gasteiger partial charge in [0.05, 0.1) is 5.56 Å². The van der Waals surface area contributed by atoms with E-state index in [-0.39, 0.29) is 6.61 Å². The van der Waals surface area contributed by atoms with E-state index >= 15 is 0 Å². The van der Waals surface area contributed by atoms with Crippen molar-refractivity contribution in [3.63, 3.8) is 0 Å². The number of hydrogen-bond donors (Lipinski definition) is 0. The standard InChI is InChI=1S/C31H43NO6/c1-5-6-7-8-9-10-11-12-13-14-15-16-20-23-27(37-28(33)25-21-18-17-19-22-25)26-24-36-29(34)32(26)30(35)38-31(2,3)4/h15-19,21-22,26-27H,5-14,24H2,1-4H3/b16-15+/t26-,27+/m0/s1. The fourth-order valence-corrected chi connectivity index (χ4v) is 3.99. The van der Waals surface area contributed by atoms with Gasteiger partial charge in [0.15, 0.2) is 6.10 Å². The Morgan fingerprint density at radius 1 is 1.05 bits per heavy atom. The topological polar surface area (TPSA) is 82.1 Å². The SMILES string of the molecule is CCCCCCCCCCC/C=C/C#C[C@@H](OC(=O)c1ccccc1)[C@@H]1COC(=O)N1C(=O)OC(C)(C)C. The normalized spacial score (nSPS) is 16.1. The van der Waals surface area contributed by atoms with Crippen LogP contribution in [0, 0.1) is 11.8 Å². The summed E-state index contributed by atoms with van der Waals surface area (Å²) in [7, 11) is 0. The fourth-order valence-electron chi connectivity index (χ4n) is 3.99. The van der Waals surface area contributed by atoms with Gasteiger partial charge in [-0.1, -0.05) is 94.4 Å². The summed E-state index contributed by atoms with van der Waals surface area (Å²) in [4.78, 5) is 38.7. The van der Waals surface area contributed by atoms with Gasteiger partial charge in [0, 0.05) is 0 Å². The second-order valence-electron chi connectivity index (χ2n) is 10.5. The number of hydrogen-bond acceptors (Lipinski definition) is 6. The van der Waals surface area contributed by atoms with E-state index in [4.69, 9.17) is 14.2 Å². The van der Waals surface area contributed by atoms with E-state index < -0.39 is 35.9 Å². The van der Waals surface area contributed by atoms with Gasteiger partial charge in [0.25, 0.3) is 0 Å². The highest BCUT2D eigenvalue weighted by atomic mass is 16.6. The van der Waals surface area contributed by atoms with Crippen LogP contribution in [-0.2, 0) is 14.2 Å².